The molecule has 4 nitrogen and oxygen atoms in total. The molecule has 2 atom stereocenters. The molecule has 1 aromatic heterocycles. The van der Waals surface area contributed by atoms with Crippen LogP contribution in [0.2, 0.25) is 0 Å². The predicted octanol–water partition coefficient (Wildman–Crippen LogP) is 1.40. The number of hydrogen-bond donors (Lipinski definition) is 1. The first kappa shape index (κ1) is 11.0. The van der Waals surface area contributed by atoms with Crippen LogP contribution in [0.25, 0.3) is 0 Å². The van der Waals surface area contributed by atoms with Crippen LogP contribution in [0, 0.1) is 5.92 Å². The second-order valence-electron chi connectivity index (χ2n) is 6.18. The molecule has 1 aliphatic carbocycles. The second-order valence-corrected chi connectivity index (χ2v) is 6.18. The summed E-state index contributed by atoms with van der Waals surface area (Å²) < 4.78 is 2.40. The summed E-state index contributed by atoms with van der Waals surface area (Å²) in [4.78, 5) is 6.95. The van der Waals surface area contributed by atoms with Crippen LogP contribution in [-0.4, -0.2) is 40.1 Å². The molecule has 0 radical (unpaired) electrons. The van der Waals surface area contributed by atoms with Crippen LogP contribution >= 0.6 is 0 Å². The Hall–Kier alpha value is -0.870. The average molecular weight is 246 g/mol. The van der Waals surface area contributed by atoms with Gasteiger partial charge in [-0.25, -0.2) is 4.98 Å². The smallest absolute Gasteiger partial charge is 0.0951 e. The van der Waals surface area contributed by atoms with Gasteiger partial charge in [-0.1, -0.05) is 0 Å². The van der Waals surface area contributed by atoms with E-state index in [9.17, 15) is 0 Å². The van der Waals surface area contributed by atoms with E-state index in [0.29, 0.717) is 0 Å². The van der Waals surface area contributed by atoms with Crippen LogP contribution in [0.1, 0.15) is 37.4 Å². The van der Waals surface area contributed by atoms with Crippen molar-refractivity contribution in [2.75, 3.05) is 19.6 Å². The highest BCUT2D eigenvalue weighted by Gasteiger charge is 2.34. The minimum Gasteiger partial charge on any atom is -0.330 e. The Morgan fingerprint density at radius 2 is 2.22 bits per heavy atom. The van der Waals surface area contributed by atoms with Crippen molar-refractivity contribution in [1.82, 2.24) is 19.8 Å². The molecule has 1 aromatic rings. The molecule has 3 fully saturated rings. The molecule has 1 saturated carbocycles. The molecule has 4 rings (SSSR count). The first-order chi connectivity index (χ1) is 8.90. The van der Waals surface area contributed by atoms with Crippen LogP contribution in [0.5, 0.6) is 0 Å². The normalized spacial score (nSPS) is 32.7. The first-order valence-corrected chi connectivity index (χ1v) is 7.36. The van der Waals surface area contributed by atoms with Gasteiger partial charge in [0.25, 0.3) is 0 Å². The number of hydrogen-bond acceptors (Lipinski definition) is 3. The van der Waals surface area contributed by atoms with Gasteiger partial charge in [0.05, 0.1) is 12.0 Å². The van der Waals surface area contributed by atoms with Gasteiger partial charge in [-0.2, -0.15) is 0 Å². The zero-order valence-electron chi connectivity index (χ0n) is 10.9. The van der Waals surface area contributed by atoms with Gasteiger partial charge in [-0.15, -0.1) is 0 Å². The standard InChI is InChI=1S/C14H22N4/c1-2-11-7-17(9-14(11)16-5-1)8-13-6-15-10-18(13)12-3-4-12/h6,10-12,14,16H,1-5,7-9H2. The monoisotopic (exact) mass is 246 g/mol. The summed E-state index contributed by atoms with van der Waals surface area (Å²) >= 11 is 0. The quantitative estimate of drug-likeness (QED) is 0.875. The molecule has 0 spiro atoms. The maximum absolute atomic E-state index is 4.34. The molecular formula is C14H22N4. The first-order valence-electron chi connectivity index (χ1n) is 7.36. The Kier molecular flexibility index (Phi) is 2.66. The van der Waals surface area contributed by atoms with Crippen LogP contribution < -0.4 is 5.32 Å². The van der Waals surface area contributed by atoms with Gasteiger partial charge in [-0.05, 0) is 38.1 Å². The molecule has 0 bridgehead atoms. The third-order valence-corrected chi connectivity index (χ3v) is 4.75. The van der Waals surface area contributed by atoms with E-state index in [1.165, 1.54) is 51.0 Å². The SMILES string of the molecule is c1ncn(C2CC2)c1CN1CC2CCCNC2C1. The summed E-state index contributed by atoms with van der Waals surface area (Å²) in [5, 5.41) is 3.68. The van der Waals surface area contributed by atoms with Gasteiger partial charge in [0, 0.05) is 37.9 Å². The summed E-state index contributed by atoms with van der Waals surface area (Å²) in [5.41, 5.74) is 1.41. The fourth-order valence-electron chi connectivity index (χ4n) is 3.63. The average Bonchev–Trinajstić information content (AvgIpc) is 2.98. The van der Waals surface area contributed by atoms with Crippen LogP contribution in [-0.2, 0) is 6.54 Å². The molecule has 3 aliphatic rings. The highest BCUT2D eigenvalue weighted by Crippen LogP contribution is 2.36. The highest BCUT2D eigenvalue weighted by atomic mass is 15.2. The largest absolute Gasteiger partial charge is 0.330 e. The lowest BCUT2D eigenvalue weighted by atomic mass is 9.94. The van der Waals surface area contributed by atoms with E-state index in [1.807, 2.05) is 6.33 Å². The summed E-state index contributed by atoms with van der Waals surface area (Å²) in [7, 11) is 0. The van der Waals surface area contributed by atoms with Crippen LogP contribution in [0.3, 0.4) is 0 Å². The van der Waals surface area contributed by atoms with Gasteiger partial charge in [0.1, 0.15) is 0 Å². The van der Waals surface area contributed by atoms with Gasteiger partial charge >= 0.3 is 0 Å². The zero-order valence-corrected chi connectivity index (χ0v) is 10.9. The van der Waals surface area contributed by atoms with Gasteiger partial charge in [0.15, 0.2) is 0 Å². The van der Waals surface area contributed by atoms with E-state index in [1.54, 1.807) is 0 Å². The lowest BCUT2D eigenvalue weighted by Gasteiger charge is -2.24. The molecule has 2 saturated heterocycles. The molecule has 3 heterocycles. The molecule has 0 amide bonds. The van der Waals surface area contributed by atoms with Gasteiger partial charge < -0.3 is 9.88 Å². The number of nitrogens with zero attached hydrogens (tertiary/aromatic N) is 3. The van der Waals surface area contributed by atoms with Crippen molar-refractivity contribution in [3.63, 3.8) is 0 Å². The topological polar surface area (TPSA) is 33.1 Å². The Morgan fingerprint density at radius 1 is 1.28 bits per heavy atom. The minimum atomic E-state index is 0.746. The number of rotatable bonds is 3. The molecule has 4 heteroatoms. The Bertz CT molecular complexity index is 409. The number of likely N-dealkylation sites (tertiary alicyclic amines) is 1. The molecule has 18 heavy (non-hydrogen) atoms. The van der Waals surface area contributed by atoms with E-state index in [4.69, 9.17) is 0 Å². The van der Waals surface area contributed by atoms with E-state index in [-0.39, 0.29) is 0 Å². The fourth-order valence-corrected chi connectivity index (χ4v) is 3.63. The van der Waals surface area contributed by atoms with Gasteiger partial charge in [0.2, 0.25) is 0 Å². The van der Waals surface area contributed by atoms with E-state index in [0.717, 1.165) is 24.5 Å². The van der Waals surface area contributed by atoms with Crippen molar-refractivity contribution in [3.05, 3.63) is 18.2 Å². The lowest BCUT2D eigenvalue weighted by Crippen LogP contribution is -2.40. The maximum atomic E-state index is 4.34. The van der Waals surface area contributed by atoms with Crippen LogP contribution in [0.15, 0.2) is 12.5 Å². The van der Waals surface area contributed by atoms with Crippen molar-refractivity contribution in [3.8, 4) is 0 Å². The minimum absolute atomic E-state index is 0.746. The van der Waals surface area contributed by atoms with Gasteiger partial charge in [-0.3, -0.25) is 4.90 Å². The maximum Gasteiger partial charge on any atom is 0.0951 e. The van der Waals surface area contributed by atoms with E-state index < -0.39 is 0 Å². The molecule has 98 valence electrons. The third kappa shape index (κ3) is 1.97. The number of nitrogens with one attached hydrogen (secondary N) is 1. The number of fused-ring (bicyclic) bond motifs is 1. The van der Waals surface area contributed by atoms with Crippen LogP contribution in [0.4, 0.5) is 0 Å². The Balaban J connectivity index is 1.44. The van der Waals surface area contributed by atoms with E-state index in [2.05, 4.69) is 26.0 Å². The molecule has 2 aliphatic heterocycles. The second kappa shape index (κ2) is 4.35. The van der Waals surface area contributed by atoms with Crippen molar-refractivity contribution in [2.45, 2.75) is 44.3 Å². The predicted molar refractivity (Wildman–Crippen MR) is 70.3 cm³/mol. The van der Waals surface area contributed by atoms with E-state index >= 15 is 0 Å². The molecular weight excluding hydrogens is 224 g/mol. The number of aromatic nitrogens is 2. The summed E-state index contributed by atoms with van der Waals surface area (Å²) in [6.07, 6.45) is 9.54. The highest BCUT2D eigenvalue weighted by molar-refractivity contribution is 5.05. The Labute approximate surface area is 108 Å². The summed E-state index contributed by atoms with van der Waals surface area (Å²) in [5.74, 6) is 0.885. The fraction of sp³-hybridized carbons (Fsp3) is 0.786. The van der Waals surface area contributed by atoms with Crippen molar-refractivity contribution in [1.29, 1.82) is 0 Å². The summed E-state index contributed by atoms with van der Waals surface area (Å²) in [6, 6.07) is 1.50. The molecule has 1 N–H and O–H groups in total. The molecule has 2 unspecified atom stereocenters. The number of piperidine rings is 1. The summed E-state index contributed by atoms with van der Waals surface area (Å²) in [6.45, 7) is 4.80. The lowest BCUT2D eigenvalue weighted by molar-refractivity contribution is 0.304. The number of imidazole rings is 1. The van der Waals surface area contributed by atoms with Crippen molar-refractivity contribution >= 4 is 0 Å². The zero-order chi connectivity index (χ0) is 11.9. The van der Waals surface area contributed by atoms with Crippen molar-refractivity contribution in [2.24, 2.45) is 5.92 Å². The Morgan fingerprint density at radius 3 is 3.06 bits per heavy atom. The molecule has 0 aromatic carbocycles. The third-order valence-electron chi connectivity index (χ3n) is 4.75. The van der Waals surface area contributed by atoms with Crippen molar-refractivity contribution < 1.29 is 0 Å².